The van der Waals surface area contributed by atoms with Gasteiger partial charge in [0.25, 0.3) is 0 Å². The van der Waals surface area contributed by atoms with Crippen LogP contribution < -0.4 is 10.1 Å². The minimum Gasteiger partial charge on any atom is -0.481 e. The molecule has 0 aliphatic carbocycles. The highest BCUT2D eigenvalue weighted by Gasteiger charge is 2.29. The molecule has 1 aliphatic rings. The van der Waals surface area contributed by atoms with Crippen LogP contribution in [0, 0.1) is 6.92 Å². The second-order valence-electron chi connectivity index (χ2n) is 4.91. The maximum atomic E-state index is 5.43. The van der Waals surface area contributed by atoms with Crippen LogP contribution in [0.3, 0.4) is 0 Å². The lowest BCUT2D eigenvalue weighted by atomic mass is 10.0. The van der Waals surface area contributed by atoms with Crippen LogP contribution in [0.2, 0.25) is 0 Å². The third kappa shape index (κ3) is 2.45. The van der Waals surface area contributed by atoms with Crippen LogP contribution in [-0.4, -0.2) is 35.6 Å². The quantitative estimate of drug-likeness (QED) is 0.851. The van der Waals surface area contributed by atoms with Crippen molar-refractivity contribution in [3.63, 3.8) is 0 Å². The molecule has 0 saturated carbocycles. The number of methoxy groups -OCH3 is 1. The molecule has 17 heavy (non-hydrogen) atoms. The first kappa shape index (κ1) is 12.4. The second kappa shape index (κ2) is 4.66. The fourth-order valence-corrected chi connectivity index (χ4v) is 2.25. The number of rotatable bonds is 4. The van der Waals surface area contributed by atoms with Crippen molar-refractivity contribution < 1.29 is 9.47 Å². The zero-order valence-electron chi connectivity index (χ0n) is 11.0. The highest BCUT2D eigenvalue weighted by molar-refractivity contribution is 5.30. The molecule has 1 fully saturated rings. The Balaban J connectivity index is 2.08. The summed E-state index contributed by atoms with van der Waals surface area (Å²) in [4.78, 5) is 0. The molecule has 1 aromatic heterocycles. The van der Waals surface area contributed by atoms with Crippen molar-refractivity contribution >= 4 is 0 Å². The summed E-state index contributed by atoms with van der Waals surface area (Å²) in [6.07, 6.45) is 1.05. The Hall–Kier alpha value is -1.07. The van der Waals surface area contributed by atoms with E-state index in [2.05, 4.69) is 17.3 Å². The summed E-state index contributed by atoms with van der Waals surface area (Å²) in [7, 11) is 3.58. The maximum absolute atomic E-state index is 5.43. The minimum atomic E-state index is 0.0767. The number of aromatic nitrogens is 2. The zero-order chi connectivity index (χ0) is 12.5. The van der Waals surface area contributed by atoms with Crippen LogP contribution in [0.4, 0.5) is 0 Å². The van der Waals surface area contributed by atoms with E-state index in [0.29, 0.717) is 0 Å². The van der Waals surface area contributed by atoms with E-state index < -0.39 is 0 Å². The molecule has 0 bridgehead atoms. The van der Waals surface area contributed by atoms with E-state index in [1.54, 1.807) is 11.8 Å². The lowest BCUT2D eigenvalue weighted by Crippen LogP contribution is -2.42. The van der Waals surface area contributed by atoms with Crippen LogP contribution >= 0.6 is 0 Å². The van der Waals surface area contributed by atoms with Gasteiger partial charge in [-0.25, -0.2) is 4.68 Å². The molecule has 1 unspecified atom stereocenters. The molecule has 0 aromatic carbocycles. The van der Waals surface area contributed by atoms with Gasteiger partial charge in [-0.15, -0.1) is 0 Å². The van der Waals surface area contributed by atoms with Crippen molar-refractivity contribution in [3.05, 3.63) is 11.3 Å². The molecular formula is C12H21N3O2. The van der Waals surface area contributed by atoms with Gasteiger partial charge in [0, 0.05) is 25.7 Å². The Morgan fingerprint density at radius 2 is 2.35 bits per heavy atom. The van der Waals surface area contributed by atoms with Gasteiger partial charge in [-0.2, -0.15) is 5.10 Å². The van der Waals surface area contributed by atoms with Gasteiger partial charge in [0.1, 0.15) is 0 Å². The molecule has 1 aromatic rings. The SMILES string of the molecule is COc1c(CNC2(C)CCOC2)c(C)nn1C. The van der Waals surface area contributed by atoms with Crippen molar-refractivity contribution in [1.29, 1.82) is 0 Å². The van der Waals surface area contributed by atoms with Crippen molar-refractivity contribution in [3.8, 4) is 5.88 Å². The average molecular weight is 239 g/mol. The van der Waals surface area contributed by atoms with E-state index in [4.69, 9.17) is 9.47 Å². The Labute approximate surface area is 102 Å². The fraction of sp³-hybridized carbons (Fsp3) is 0.750. The van der Waals surface area contributed by atoms with E-state index in [1.165, 1.54) is 0 Å². The maximum Gasteiger partial charge on any atom is 0.216 e. The van der Waals surface area contributed by atoms with Gasteiger partial charge >= 0.3 is 0 Å². The van der Waals surface area contributed by atoms with Crippen molar-refractivity contribution in [1.82, 2.24) is 15.1 Å². The first-order chi connectivity index (χ1) is 8.06. The third-order valence-corrected chi connectivity index (χ3v) is 3.39. The fourth-order valence-electron chi connectivity index (χ4n) is 2.25. The number of hydrogen-bond acceptors (Lipinski definition) is 4. The van der Waals surface area contributed by atoms with Crippen LogP contribution in [0.15, 0.2) is 0 Å². The molecule has 2 rings (SSSR count). The molecule has 0 spiro atoms. The smallest absolute Gasteiger partial charge is 0.216 e. The van der Waals surface area contributed by atoms with Crippen LogP contribution in [0.5, 0.6) is 5.88 Å². The van der Waals surface area contributed by atoms with Gasteiger partial charge in [0.05, 0.1) is 25.0 Å². The summed E-state index contributed by atoms with van der Waals surface area (Å²) in [6, 6.07) is 0. The van der Waals surface area contributed by atoms with Crippen molar-refractivity contribution in [2.24, 2.45) is 7.05 Å². The van der Waals surface area contributed by atoms with E-state index in [9.17, 15) is 0 Å². The number of nitrogens with one attached hydrogen (secondary N) is 1. The predicted molar refractivity (Wildman–Crippen MR) is 65.2 cm³/mol. The van der Waals surface area contributed by atoms with Gasteiger partial charge in [0.15, 0.2) is 0 Å². The number of nitrogens with zero attached hydrogens (tertiary/aromatic N) is 2. The summed E-state index contributed by atoms with van der Waals surface area (Å²) in [6.45, 7) is 6.58. The van der Waals surface area contributed by atoms with Gasteiger partial charge in [-0.3, -0.25) is 0 Å². The van der Waals surface area contributed by atoms with E-state index >= 15 is 0 Å². The summed E-state index contributed by atoms with van der Waals surface area (Å²) >= 11 is 0. The number of hydrogen-bond donors (Lipinski definition) is 1. The lowest BCUT2D eigenvalue weighted by molar-refractivity contribution is 0.171. The Bertz CT molecular complexity index is 395. The Morgan fingerprint density at radius 1 is 1.59 bits per heavy atom. The highest BCUT2D eigenvalue weighted by atomic mass is 16.5. The predicted octanol–water partition coefficient (Wildman–Crippen LogP) is 1.01. The normalized spacial score (nSPS) is 24.2. The highest BCUT2D eigenvalue weighted by Crippen LogP contribution is 2.23. The van der Waals surface area contributed by atoms with Crippen LogP contribution in [0.1, 0.15) is 24.6 Å². The molecule has 5 heteroatoms. The molecule has 5 nitrogen and oxygen atoms in total. The third-order valence-electron chi connectivity index (χ3n) is 3.39. The van der Waals surface area contributed by atoms with E-state index in [0.717, 1.165) is 43.3 Å². The Morgan fingerprint density at radius 3 is 2.94 bits per heavy atom. The molecule has 1 saturated heterocycles. The Kier molecular flexibility index (Phi) is 3.40. The van der Waals surface area contributed by atoms with Gasteiger partial charge in [-0.05, 0) is 20.3 Å². The molecule has 0 radical (unpaired) electrons. The van der Waals surface area contributed by atoms with Crippen molar-refractivity contribution in [2.45, 2.75) is 32.4 Å². The van der Waals surface area contributed by atoms with Gasteiger partial charge < -0.3 is 14.8 Å². The summed E-state index contributed by atoms with van der Waals surface area (Å²) in [5.41, 5.74) is 2.22. The average Bonchev–Trinajstić information content (AvgIpc) is 2.81. The molecular weight excluding hydrogens is 218 g/mol. The molecule has 1 atom stereocenters. The molecule has 2 heterocycles. The summed E-state index contributed by atoms with van der Waals surface area (Å²) < 4.78 is 12.6. The molecule has 0 amide bonds. The standard InChI is InChI=1S/C12H21N3O2/c1-9-10(11(16-4)15(3)14-9)7-13-12(2)5-6-17-8-12/h13H,5-8H2,1-4H3. The summed E-state index contributed by atoms with van der Waals surface area (Å²) in [5, 5.41) is 7.92. The van der Waals surface area contributed by atoms with E-state index in [-0.39, 0.29) is 5.54 Å². The van der Waals surface area contributed by atoms with Gasteiger partial charge in [-0.1, -0.05) is 0 Å². The topological polar surface area (TPSA) is 48.3 Å². The first-order valence-electron chi connectivity index (χ1n) is 5.95. The minimum absolute atomic E-state index is 0.0767. The van der Waals surface area contributed by atoms with Crippen LogP contribution in [-0.2, 0) is 18.3 Å². The van der Waals surface area contributed by atoms with Gasteiger partial charge in [0.2, 0.25) is 5.88 Å². The second-order valence-corrected chi connectivity index (χ2v) is 4.91. The van der Waals surface area contributed by atoms with Crippen LogP contribution in [0.25, 0.3) is 0 Å². The largest absolute Gasteiger partial charge is 0.481 e. The molecule has 96 valence electrons. The number of ether oxygens (including phenoxy) is 2. The molecule has 1 N–H and O–H groups in total. The monoisotopic (exact) mass is 239 g/mol. The zero-order valence-corrected chi connectivity index (χ0v) is 11.0. The number of aryl methyl sites for hydroxylation is 2. The van der Waals surface area contributed by atoms with E-state index in [1.807, 2.05) is 14.0 Å². The first-order valence-corrected chi connectivity index (χ1v) is 5.95. The van der Waals surface area contributed by atoms with Crippen molar-refractivity contribution in [2.75, 3.05) is 20.3 Å². The lowest BCUT2D eigenvalue weighted by Gasteiger charge is -2.23. The summed E-state index contributed by atoms with van der Waals surface area (Å²) in [5.74, 6) is 0.831. The molecule has 1 aliphatic heterocycles.